The summed E-state index contributed by atoms with van der Waals surface area (Å²) < 4.78 is 84.6. The minimum Gasteiger partial charge on any atom is -0.509 e. The number of benzene rings is 9. The minimum absolute atomic E-state index is 0. The molecule has 0 atom stereocenters. The van der Waals surface area contributed by atoms with Crippen molar-refractivity contribution in [3.05, 3.63) is 247 Å². The van der Waals surface area contributed by atoms with Gasteiger partial charge in [0.1, 0.15) is 5.82 Å². The van der Waals surface area contributed by atoms with Crippen LogP contribution in [-0.2, 0) is 48.1 Å². The summed E-state index contributed by atoms with van der Waals surface area (Å²) in [7, 11) is 0. The molecule has 11 aromatic rings. The predicted molar refractivity (Wildman–Crippen MR) is 357 cm³/mol. The average Bonchev–Trinajstić information content (AvgIpc) is 1.43. The minimum atomic E-state index is -0.378. The van der Waals surface area contributed by atoms with Crippen LogP contribution < -0.4 is 14.5 Å². The van der Waals surface area contributed by atoms with Crippen LogP contribution in [0.15, 0.2) is 200 Å². The van der Waals surface area contributed by atoms with Crippen LogP contribution >= 0.6 is 0 Å². The van der Waals surface area contributed by atoms with Gasteiger partial charge < -0.3 is 19.1 Å². The fourth-order valence-electron chi connectivity index (χ4n) is 12.6. The van der Waals surface area contributed by atoms with E-state index >= 15 is 0 Å². The Kier molecular flexibility index (Phi) is 12.4. The van der Waals surface area contributed by atoms with Gasteiger partial charge in [-0.1, -0.05) is 235 Å². The summed E-state index contributed by atoms with van der Waals surface area (Å²) in [6, 6.07) is 53.9. The molecule has 0 saturated carbocycles. The molecule has 2 aromatic heterocycles. The fourth-order valence-corrected chi connectivity index (χ4v) is 12.6. The Bertz CT molecular complexity index is 4850. The molecule has 0 radical (unpaired) electrons. The topological polar surface area (TPSA) is 33.5 Å². The SMILES string of the molecule is [2H]c1c([2H])c(-c2cccc(-c3ccc4c(c3)C(C)(C)CCC4(C)C)c2N2[CH-]N(c3[c-]c(Oc4[c-]c5c(cc4)c4c([2H])c([2H])c([2H])c([2H])c4n5-c4cc(C(C)(C)C)c(-c5ccccc5)cn4)ccc3)c3ccccc32)c([2H])c([2H])c1-c1ccc(C(C)(C)C)cc1C(C)(C)C.[Pt]. The number of pyridine rings is 1. The van der Waals surface area contributed by atoms with E-state index < -0.39 is 0 Å². The number of fused-ring (bicyclic) bond motifs is 5. The third-order valence-electron chi connectivity index (χ3n) is 17.5. The number of hydrogen-bond donors (Lipinski definition) is 0. The van der Waals surface area contributed by atoms with E-state index in [-0.39, 0.29) is 113 Å². The monoisotopic (exact) mass is 1310 g/mol. The molecule has 13 rings (SSSR count). The van der Waals surface area contributed by atoms with Gasteiger partial charge >= 0.3 is 0 Å². The van der Waals surface area contributed by atoms with Crippen LogP contribution in [-0.4, -0.2) is 9.55 Å². The first kappa shape index (κ1) is 49.2. The van der Waals surface area contributed by atoms with Crippen molar-refractivity contribution >= 4 is 44.6 Å². The molecule has 0 spiro atoms. The third-order valence-corrected chi connectivity index (χ3v) is 17.5. The van der Waals surface area contributed by atoms with Gasteiger partial charge in [-0.25, -0.2) is 4.98 Å². The summed E-state index contributed by atoms with van der Waals surface area (Å²) in [5.74, 6) is 1.15. The molecule has 0 fully saturated rings. The van der Waals surface area contributed by atoms with Crippen molar-refractivity contribution in [3.8, 4) is 61.8 Å². The zero-order valence-corrected chi connectivity index (χ0v) is 53.7. The molecule has 86 heavy (non-hydrogen) atoms. The zero-order chi connectivity index (χ0) is 66.3. The summed E-state index contributed by atoms with van der Waals surface area (Å²) in [5, 5.41) is 0.908. The number of anilines is 4. The molecule has 0 N–H and O–H groups in total. The predicted octanol–water partition coefficient (Wildman–Crippen LogP) is 21.9. The second-order valence-electron chi connectivity index (χ2n) is 27.4. The van der Waals surface area contributed by atoms with Crippen molar-refractivity contribution in [2.45, 2.75) is 130 Å². The smallest absolute Gasteiger partial charge is 0.135 e. The maximum atomic E-state index is 10.1. The van der Waals surface area contributed by atoms with Crippen LogP contribution in [0, 0.1) is 18.8 Å². The summed E-state index contributed by atoms with van der Waals surface area (Å²) in [6.45, 7) is 30.6. The van der Waals surface area contributed by atoms with Gasteiger partial charge in [-0.15, -0.1) is 48.1 Å². The Morgan fingerprint density at radius 3 is 1.83 bits per heavy atom. The fraction of sp³-hybridized carbons (Fsp3) is 0.250. The molecule has 3 heterocycles. The van der Waals surface area contributed by atoms with Crippen molar-refractivity contribution in [1.29, 1.82) is 0 Å². The number of para-hydroxylation sites is 4. The molecule has 9 aromatic carbocycles. The summed E-state index contributed by atoms with van der Waals surface area (Å²) in [4.78, 5) is 9.18. The second kappa shape index (κ2) is 21.8. The number of hydrogen-bond acceptors (Lipinski definition) is 4. The van der Waals surface area contributed by atoms with E-state index in [4.69, 9.17) is 12.5 Å². The second-order valence-corrected chi connectivity index (χ2v) is 27.4. The Morgan fingerprint density at radius 2 is 1.13 bits per heavy atom. The standard InChI is InChI=1S/C80H77N4O.Pt/c1-76(2,3)56-38-40-60(67(46-56)77(4,5)6)53-33-35-54(36-34-53)61-28-22-29-62(55-37-42-66-69(45-55)80(12,13)44-43-79(66,10)11)75(61)83-51-82(71-31-19-20-32-72(71)83)57-25-21-26-58(47-57)85-59-39-41-64-63-27-17-18-30-70(63)84(73(64)48-59)74-49-68(78(7,8)9)65(50-81-74)52-23-15-14-16-24-52;/h14-42,45-46,49-51H,43-44H2,1-13H3;/q-3;/i17D,18D,27D,30D,33D,34D,35D,36D;. The maximum Gasteiger partial charge on any atom is 0.135 e. The Morgan fingerprint density at radius 1 is 0.512 bits per heavy atom. The first-order chi connectivity index (χ1) is 43.9. The van der Waals surface area contributed by atoms with Gasteiger partial charge in [-0.2, -0.15) is 12.1 Å². The van der Waals surface area contributed by atoms with Crippen molar-refractivity contribution in [2.24, 2.45) is 0 Å². The first-order valence-electron chi connectivity index (χ1n) is 33.7. The van der Waals surface area contributed by atoms with Crippen LogP contribution in [0.3, 0.4) is 0 Å². The maximum absolute atomic E-state index is 10.1. The van der Waals surface area contributed by atoms with Gasteiger partial charge in [0.05, 0.1) is 11.0 Å². The zero-order valence-electron chi connectivity index (χ0n) is 59.4. The van der Waals surface area contributed by atoms with Crippen molar-refractivity contribution < 1.29 is 36.8 Å². The molecule has 6 heteroatoms. The van der Waals surface area contributed by atoms with Gasteiger partial charge in [0.25, 0.3) is 0 Å². The number of nitrogens with zero attached hydrogens (tertiary/aromatic N) is 4. The molecule has 0 bridgehead atoms. The number of rotatable bonds is 9. The van der Waals surface area contributed by atoms with Crippen molar-refractivity contribution in [3.63, 3.8) is 0 Å². The van der Waals surface area contributed by atoms with E-state index in [1.807, 2.05) is 109 Å². The Balaban J connectivity index is 0.00000848. The molecular weight excluding hydrogens is 1230 g/mol. The van der Waals surface area contributed by atoms with E-state index in [1.54, 1.807) is 10.6 Å². The molecule has 0 saturated heterocycles. The molecular formula is C80H77N4OPt-3. The van der Waals surface area contributed by atoms with Crippen molar-refractivity contribution in [1.82, 2.24) is 9.55 Å². The third kappa shape index (κ3) is 10.6. The van der Waals surface area contributed by atoms with E-state index in [0.29, 0.717) is 56.1 Å². The normalized spacial score (nSPS) is 16.0. The van der Waals surface area contributed by atoms with E-state index in [0.717, 1.165) is 63.2 Å². The van der Waals surface area contributed by atoms with Crippen LogP contribution in [0.25, 0.3) is 72.1 Å². The summed E-state index contributed by atoms with van der Waals surface area (Å²) in [6.07, 6.45) is 3.92. The molecule has 0 amide bonds. The quantitative estimate of drug-likeness (QED) is 0.135. The molecule has 436 valence electrons. The van der Waals surface area contributed by atoms with E-state index in [2.05, 4.69) is 156 Å². The van der Waals surface area contributed by atoms with Gasteiger partial charge in [0.2, 0.25) is 0 Å². The van der Waals surface area contributed by atoms with Crippen LogP contribution in [0.1, 0.15) is 142 Å². The van der Waals surface area contributed by atoms with E-state index in [1.165, 1.54) is 11.1 Å². The largest absolute Gasteiger partial charge is 0.509 e. The molecule has 1 aliphatic carbocycles. The van der Waals surface area contributed by atoms with Crippen LogP contribution in [0.4, 0.5) is 22.7 Å². The van der Waals surface area contributed by atoms with Crippen molar-refractivity contribution in [2.75, 3.05) is 9.80 Å². The average molecular weight is 1310 g/mol. The van der Waals surface area contributed by atoms with Crippen LogP contribution in [0.2, 0.25) is 0 Å². The van der Waals surface area contributed by atoms with E-state index in [9.17, 15) is 8.22 Å². The summed E-state index contributed by atoms with van der Waals surface area (Å²) in [5.41, 5.74) is 13.8. The molecule has 1 aliphatic heterocycles. The summed E-state index contributed by atoms with van der Waals surface area (Å²) >= 11 is 0. The van der Waals surface area contributed by atoms with Gasteiger partial charge in [0, 0.05) is 78.0 Å². The molecule has 2 aliphatic rings. The van der Waals surface area contributed by atoms with Crippen LogP contribution in [0.5, 0.6) is 11.5 Å². The molecule has 0 unspecified atom stereocenters. The number of aromatic nitrogens is 2. The van der Waals surface area contributed by atoms with Gasteiger partial charge in [-0.05, 0) is 125 Å². The Hall–Kier alpha value is -7.98. The molecule has 5 nitrogen and oxygen atoms in total. The van der Waals surface area contributed by atoms with Gasteiger partial charge in [0.15, 0.2) is 0 Å². The Labute approximate surface area is 536 Å². The number of ether oxygens (including phenoxy) is 1. The first-order valence-corrected chi connectivity index (χ1v) is 29.7. The van der Waals surface area contributed by atoms with Gasteiger partial charge in [-0.3, -0.25) is 0 Å².